The maximum Gasteiger partial charge on any atom is 0.0302 e. The summed E-state index contributed by atoms with van der Waals surface area (Å²) in [5.41, 5.74) is 0. The molecule has 2 rings (SSSR count). The second-order valence-electron chi connectivity index (χ2n) is 5.88. The summed E-state index contributed by atoms with van der Waals surface area (Å²) in [6.07, 6.45) is 4.04. The number of rotatable bonds is 6. The Morgan fingerprint density at radius 3 is 3.00 bits per heavy atom. The van der Waals surface area contributed by atoms with E-state index in [1.54, 1.807) is 0 Å². The van der Waals surface area contributed by atoms with Crippen molar-refractivity contribution in [2.24, 2.45) is 5.92 Å². The molecule has 1 fully saturated rings. The lowest BCUT2D eigenvalue weighted by atomic mass is 9.91. The fourth-order valence-electron chi connectivity index (χ4n) is 3.03. The predicted molar refractivity (Wildman–Crippen MR) is 84.8 cm³/mol. The van der Waals surface area contributed by atoms with Gasteiger partial charge < -0.3 is 10.2 Å². The quantitative estimate of drug-likeness (QED) is 0.855. The van der Waals surface area contributed by atoms with Gasteiger partial charge in [-0.05, 0) is 64.3 Å². The van der Waals surface area contributed by atoms with Crippen LogP contribution in [-0.2, 0) is 6.54 Å². The lowest BCUT2D eigenvalue weighted by Crippen LogP contribution is -2.44. The van der Waals surface area contributed by atoms with Crippen molar-refractivity contribution in [3.8, 4) is 0 Å². The smallest absolute Gasteiger partial charge is 0.0302 e. The minimum atomic E-state index is 0.627. The molecule has 0 aliphatic carbocycles. The molecule has 1 aliphatic rings. The zero-order valence-corrected chi connectivity index (χ0v) is 13.4. The lowest BCUT2D eigenvalue weighted by molar-refractivity contribution is 0.151. The fraction of sp³-hybridized carbons (Fsp3) is 0.750. The summed E-state index contributed by atoms with van der Waals surface area (Å²) in [5.74, 6) is 0.821. The first-order chi connectivity index (χ1) is 9.19. The Kier molecular flexibility index (Phi) is 5.86. The van der Waals surface area contributed by atoms with Crippen molar-refractivity contribution >= 4 is 11.3 Å². The van der Waals surface area contributed by atoms with Crippen LogP contribution in [0.3, 0.4) is 0 Å². The van der Waals surface area contributed by atoms with Crippen LogP contribution in [0, 0.1) is 12.8 Å². The van der Waals surface area contributed by atoms with E-state index in [2.05, 4.69) is 43.1 Å². The molecule has 2 atom stereocenters. The molecule has 3 heteroatoms. The molecule has 1 N–H and O–H groups in total. The number of likely N-dealkylation sites (tertiary alicyclic amines) is 1. The highest BCUT2D eigenvalue weighted by Gasteiger charge is 2.23. The summed E-state index contributed by atoms with van der Waals surface area (Å²) in [4.78, 5) is 5.52. The summed E-state index contributed by atoms with van der Waals surface area (Å²) < 4.78 is 0. The first-order valence-electron chi connectivity index (χ1n) is 7.70. The molecule has 19 heavy (non-hydrogen) atoms. The minimum absolute atomic E-state index is 0.627. The zero-order valence-electron chi connectivity index (χ0n) is 12.6. The van der Waals surface area contributed by atoms with Gasteiger partial charge in [-0.1, -0.05) is 6.92 Å². The number of hydrogen-bond donors (Lipinski definition) is 1. The van der Waals surface area contributed by atoms with Gasteiger partial charge in [0, 0.05) is 28.9 Å². The Labute approximate surface area is 122 Å². The summed E-state index contributed by atoms with van der Waals surface area (Å²) in [7, 11) is 0. The van der Waals surface area contributed by atoms with Crippen LogP contribution in [0.5, 0.6) is 0 Å². The monoisotopic (exact) mass is 280 g/mol. The Hall–Kier alpha value is -0.380. The van der Waals surface area contributed by atoms with Crippen molar-refractivity contribution in [1.29, 1.82) is 0 Å². The Bertz CT molecular complexity index is 373. The van der Waals surface area contributed by atoms with E-state index in [0.717, 1.165) is 12.5 Å². The van der Waals surface area contributed by atoms with Crippen LogP contribution < -0.4 is 5.32 Å². The maximum absolute atomic E-state index is 3.73. The molecular weight excluding hydrogens is 252 g/mol. The van der Waals surface area contributed by atoms with E-state index in [4.69, 9.17) is 0 Å². The molecule has 0 amide bonds. The number of nitrogens with one attached hydrogen (secondary N) is 1. The third-order valence-corrected chi connectivity index (χ3v) is 5.18. The molecule has 1 aromatic rings. The fourth-order valence-corrected chi connectivity index (χ4v) is 3.87. The Morgan fingerprint density at radius 1 is 1.47 bits per heavy atom. The molecule has 2 heterocycles. The average molecular weight is 280 g/mol. The van der Waals surface area contributed by atoms with Crippen LogP contribution in [0.1, 0.15) is 42.9 Å². The third kappa shape index (κ3) is 4.59. The van der Waals surface area contributed by atoms with Gasteiger partial charge >= 0.3 is 0 Å². The van der Waals surface area contributed by atoms with Crippen molar-refractivity contribution in [3.63, 3.8) is 0 Å². The van der Waals surface area contributed by atoms with Gasteiger partial charge in [-0.15, -0.1) is 11.3 Å². The largest absolute Gasteiger partial charge is 0.309 e. The van der Waals surface area contributed by atoms with Gasteiger partial charge in [-0.3, -0.25) is 0 Å². The normalized spacial score (nSPS) is 22.6. The number of aryl methyl sites for hydroxylation is 1. The van der Waals surface area contributed by atoms with Crippen LogP contribution in [0.25, 0.3) is 0 Å². The zero-order chi connectivity index (χ0) is 13.7. The van der Waals surface area contributed by atoms with Gasteiger partial charge in [0.25, 0.3) is 0 Å². The highest BCUT2D eigenvalue weighted by molar-refractivity contribution is 7.11. The standard InChI is InChI=1S/C16H28N2S/c1-4-9-18-10-5-6-15(12-18)14(3)17-11-16-8-7-13(2)19-16/h7-8,14-15,17H,4-6,9-12H2,1-3H3. The van der Waals surface area contributed by atoms with Crippen molar-refractivity contribution < 1.29 is 0 Å². The Morgan fingerprint density at radius 2 is 2.32 bits per heavy atom. The van der Waals surface area contributed by atoms with Gasteiger partial charge in [0.15, 0.2) is 0 Å². The number of nitrogens with zero attached hydrogens (tertiary/aromatic N) is 1. The first-order valence-corrected chi connectivity index (χ1v) is 8.51. The van der Waals surface area contributed by atoms with Gasteiger partial charge in [-0.2, -0.15) is 0 Å². The molecule has 1 saturated heterocycles. The molecule has 0 saturated carbocycles. The second-order valence-corrected chi connectivity index (χ2v) is 7.26. The first kappa shape index (κ1) is 15.0. The molecule has 2 nitrogen and oxygen atoms in total. The molecule has 1 aliphatic heterocycles. The van der Waals surface area contributed by atoms with Crippen LogP contribution in [0.4, 0.5) is 0 Å². The predicted octanol–water partition coefficient (Wildman–Crippen LogP) is 3.66. The van der Waals surface area contributed by atoms with Crippen molar-refractivity contribution in [2.45, 2.75) is 52.6 Å². The summed E-state index contributed by atoms with van der Waals surface area (Å²) in [5, 5.41) is 3.73. The SMILES string of the molecule is CCCN1CCCC(C(C)NCc2ccc(C)s2)C1. The van der Waals surface area contributed by atoms with E-state index in [0.29, 0.717) is 6.04 Å². The van der Waals surface area contributed by atoms with E-state index in [-0.39, 0.29) is 0 Å². The summed E-state index contributed by atoms with van der Waals surface area (Å²) in [6, 6.07) is 5.10. The number of piperidine rings is 1. The highest BCUT2D eigenvalue weighted by atomic mass is 32.1. The molecular formula is C16H28N2S. The number of thiophene rings is 1. The molecule has 0 spiro atoms. The second kappa shape index (κ2) is 7.41. The average Bonchev–Trinajstić information content (AvgIpc) is 2.82. The van der Waals surface area contributed by atoms with Crippen LogP contribution >= 0.6 is 11.3 Å². The third-order valence-electron chi connectivity index (χ3n) is 4.18. The maximum atomic E-state index is 3.73. The molecule has 0 radical (unpaired) electrons. The molecule has 1 aromatic heterocycles. The molecule has 0 aromatic carbocycles. The highest BCUT2D eigenvalue weighted by Crippen LogP contribution is 2.21. The van der Waals surface area contributed by atoms with Gasteiger partial charge in [0.1, 0.15) is 0 Å². The van der Waals surface area contributed by atoms with Crippen LogP contribution in [-0.4, -0.2) is 30.6 Å². The van der Waals surface area contributed by atoms with Crippen molar-refractivity contribution in [3.05, 3.63) is 21.9 Å². The Balaban J connectivity index is 1.77. The lowest BCUT2D eigenvalue weighted by Gasteiger charge is -2.36. The number of hydrogen-bond acceptors (Lipinski definition) is 3. The van der Waals surface area contributed by atoms with Crippen molar-refractivity contribution in [2.75, 3.05) is 19.6 Å². The summed E-state index contributed by atoms with van der Waals surface area (Å²) >= 11 is 1.91. The van der Waals surface area contributed by atoms with Gasteiger partial charge in [-0.25, -0.2) is 0 Å². The van der Waals surface area contributed by atoms with Crippen LogP contribution in [0.2, 0.25) is 0 Å². The minimum Gasteiger partial charge on any atom is -0.309 e. The van der Waals surface area contributed by atoms with E-state index in [1.807, 2.05) is 11.3 Å². The summed E-state index contributed by atoms with van der Waals surface area (Å²) in [6.45, 7) is 11.7. The van der Waals surface area contributed by atoms with Gasteiger partial charge in [0.2, 0.25) is 0 Å². The van der Waals surface area contributed by atoms with Crippen molar-refractivity contribution in [1.82, 2.24) is 10.2 Å². The van der Waals surface area contributed by atoms with E-state index >= 15 is 0 Å². The van der Waals surface area contributed by atoms with Gasteiger partial charge in [0.05, 0.1) is 0 Å². The van der Waals surface area contributed by atoms with Crippen LogP contribution in [0.15, 0.2) is 12.1 Å². The molecule has 2 unspecified atom stereocenters. The van der Waals surface area contributed by atoms with E-state index < -0.39 is 0 Å². The molecule has 108 valence electrons. The topological polar surface area (TPSA) is 15.3 Å². The van der Waals surface area contributed by atoms with E-state index in [9.17, 15) is 0 Å². The van der Waals surface area contributed by atoms with E-state index in [1.165, 1.54) is 48.7 Å². The molecule has 0 bridgehead atoms.